The summed E-state index contributed by atoms with van der Waals surface area (Å²) in [4.78, 5) is 3.95. The first-order valence-electron chi connectivity index (χ1n) is 3.89. The molecule has 2 rings (SSSR count). The van der Waals surface area contributed by atoms with Gasteiger partial charge in [0.25, 0.3) is 0 Å². The maximum atomic E-state index is 9.53. The fourth-order valence-corrected chi connectivity index (χ4v) is 1.46. The maximum absolute atomic E-state index is 9.53. The van der Waals surface area contributed by atoms with Crippen LogP contribution in [0.4, 0.5) is 0 Å². The highest BCUT2D eigenvalue weighted by atomic mass is 35.5. The normalized spacial score (nSPS) is 25.8. The van der Waals surface area contributed by atoms with Crippen molar-refractivity contribution in [2.75, 3.05) is 0 Å². The molecule has 13 heavy (non-hydrogen) atoms. The van der Waals surface area contributed by atoms with Crippen LogP contribution in [0.2, 0.25) is 5.15 Å². The van der Waals surface area contributed by atoms with Crippen LogP contribution in [-0.2, 0) is 0 Å². The predicted molar refractivity (Wildman–Crippen MR) is 49.2 cm³/mol. The lowest BCUT2D eigenvalue weighted by atomic mass is 9.98. The number of hydrogen-bond acceptors (Lipinski definition) is 3. The molecule has 68 valence electrons. The van der Waals surface area contributed by atoms with Crippen molar-refractivity contribution in [3.8, 4) is 0 Å². The van der Waals surface area contributed by atoms with Gasteiger partial charge in [-0.25, -0.2) is 4.98 Å². The lowest BCUT2D eigenvalue weighted by Gasteiger charge is -2.20. The number of aromatic nitrogens is 1. The summed E-state index contributed by atoms with van der Waals surface area (Å²) in [5, 5.41) is 19.1. The van der Waals surface area contributed by atoms with E-state index in [-0.39, 0.29) is 0 Å². The Labute approximate surface area is 80.3 Å². The minimum atomic E-state index is -0.973. The van der Waals surface area contributed by atoms with E-state index in [9.17, 15) is 10.2 Å². The first-order chi connectivity index (χ1) is 6.18. The third-order valence-electron chi connectivity index (χ3n) is 2.00. The van der Waals surface area contributed by atoms with Crippen molar-refractivity contribution < 1.29 is 10.2 Å². The fourth-order valence-electron chi connectivity index (χ4n) is 1.31. The highest BCUT2D eigenvalue weighted by Gasteiger charge is 2.23. The first kappa shape index (κ1) is 8.69. The molecule has 0 spiro atoms. The summed E-state index contributed by atoms with van der Waals surface area (Å²) >= 11 is 5.66. The van der Waals surface area contributed by atoms with Crippen molar-refractivity contribution in [2.45, 2.75) is 12.2 Å². The van der Waals surface area contributed by atoms with Gasteiger partial charge in [-0.2, -0.15) is 0 Å². The van der Waals surface area contributed by atoms with Crippen molar-refractivity contribution in [2.24, 2.45) is 0 Å². The third-order valence-corrected chi connectivity index (χ3v) is 2.21. The van der Waals surface area contributed by atoms with E-state index >= 15 is 0 Å². The lowest BCUT2D eigenvalue weighted by Crippen LogP contribution is -2.20. The van der Waals surface area contributed by atoms with Crippen molar-refractivity contribution in [3.05, 3.63) is 34.6 Å². The Morgan fingerprint density at radius 1 is 1.31 bits per heavy atom. The summed E-state index contributed by atoms with van der Waals surface area (Å²) in [5.74, 6) is 0. The van der Waals surface area contributed by atoms with Gasteiger partial charge in [-0.1, -0.05) is 29.8 Å². The van der Waals surface area contributed by atoms with Crippen LogP contribution in [0.5, 0.6) is 0 Å². The van der Waals surface area contributed by atoms with Gasteiger partial charge in [-0.15, -0.1) is 0 Å². The van der Waals surface area contributed by atoms with Crippen molar-refractivity contribution in [1.82, 2.24) is 4.98 Å². The second kappa shape index (κ2) is 3.10. The van der Waals surface area contributed by atoms with E-state index in [4.69, 9.17) is 11.6 Å². The van der Waals surface area contributed by atoms with Crippen molar-refractivity contribution in [1.29, 1.82) is 0 Å². The maximum Gasteiger partial charge on any atom is 0.129 e. The average Bonchev–Trinajstić information content (AvgIpc) is 2.12. The van der Waals surface area contributed by atoms with E-state index in [0.717, 1.165) is 5.56 Å². The number of aliphatic hydroxyl groups excluding tert-OH is 2. The van der Waals surface area contributed by atoms with Crippen LogP contribution in [-0.4, -0.2) is 21.3 Å². The number of rotatable bonds is 0. The molecule has 1 aliphatic rings. The minimum Gasteiger partial charge on any atom is -0.386 e. The Bertz CT molecular complexity index is 365. The number of hydrogen-bond donors (Lipinski definition) is 2. The quantitative estimate of drug-likeness (QED) is 0.614. The SMILES string of the molecule is OC1C=Cc2ccc(Cl)nc2C1O. The number of fused-ring (bicyclic) bond motifs is 1. The Kier molecular flexibility index (Phi) is 2.07. The molecule has 4 heteroatoms. The molecule has 0 saturated carbocycles. The van der Waals surface area contributed by atoms with E-state index in [1.54, 1.807) is 18.2 Å². The fraction of sp³-hybridized carbons (Fsp3) is 0.222. The second-order valence-electron chi connectivity index (χ2n) is 2.90. The van der Waals surface area contributed by atoms with Gasteiger partial charge in [-0.05, 0) is 11.6 Å². The predicted octanol–water partition coefficient (Wildman–Crippen LogP) is 1.16. The Hall–Kier alpha value is -0.900. The molecule has 0 aromatic carbocycles. The molecule has 0 aliphatic heterocycles. The Morgan fingerprint density at radius 2 is 2.08 bits per heavy atom. The second-order valence-corrected chi connectivity index (χ2v) is 3.29. The number of pyridine rings is 1. The highest BCUT2D eigenvalue weighted by molar-refractivity contribution is 6.29. The van der Waals surface area contributed by atoms with Crippen LogP contribution in [0.3, 0.4) is 0 Å². The Balaban J connectivity index is 2.54. The van der Waals surface area contributed by atoms with E-state index in [1.807, 2.05) is 0 Å². The summed E-state index contributed by atoms with van der Waals surface area (Å²) in [5.41, 5.74) is 1.23. The summed E-state index contributed by atoms with van der Waals surface area (Å²) in [7, 11) is 0. The molecule has 2 N–H and O–H groups in total. The molecule has 2 unspecified atom stereocenters. The summed E-state index contributed by atoms with van der Waals surface area (Å²) in [6.07, 6.45) is 1.38. The molecule has 0 fully saturated rings. The average molecular weight is 198 g/mol. The van der Waals surface area contributed by atoms with E-state index in [0.29, 0.717) is 10.8 Å². The lowest BCUT2D eigenvalue weighted by molar-refractivity contribution is 0.0440. The van der Waals surface area contributed by atoms with E-state index < -0.39 is 12.2 Å². The smallest absolute Gasteiger partial charge is 0.129 e. The zero-order chi connectivity index (χ0) is 9.42. The molecule has 0 radical (unpaired) electrons. The highest BCUT2D eigenvalue weighted by Crippen LogP contribution is 2.27. The van der Waals surface area contributed by atoms with Gasteiger partial charge in [0.15, 0.2) is 0 Å². The van der Waals surface area contributed by atoms with Crippen LogP contribution in [0, 0.1) is 0 Å². The summed E-state index contributed by atoms with van der Waals surface area (Å²) in [6, 6.07) is 3.41. The molecule has 1 aromatic heterocycles. The molecule has 0 saturated heterocycles. The van der Waals surface area contributed by atoms with Gasteiger partial charge >= 0.3 is 0 Å². The van der Waals surface area contributed by atoms with Gasteiger partial charge in [0.2, 0.25) is 0 Å². The third kappa shape index (κ3) is 1.46. The zero-order valence-corrected chi connectivity index (χ0v) is 7.44. The topological polar surface area (TPSA) is 53.4 Å². The summed E-state index contributed by atoms with van der Waals surface area (Å²) in [6.45, 7) is 0. The van der Waals surface area contributed by atoms with Crippen LogP contribution in [0.25, 0.3) is 6.08 Å². The van der Waals surface area contributed by atoms with E-state index in [2.05, 4.69) is 4.98 Å². The van der Waals surface area contributed by atoms with Gasteiger partial charge < -0.3 is 10.2 Å². The minimum absolute atomic E-state index is 0.320. The monoisotopic (exact) mass is 197 g/mol. The standard InChI is InChI=1S/C9H8ClNO2/c10-7-4-2-5-1-3-6(12)9(13)8(5)11-7/h1-4,6,9,12-13H. The molecule has 0 bridgehead atoms. The first-order valence-corrected chi connectivity index (χ1v) is 4.27. The molecular formula is C9H8ClNO2. The van der Waals surface area contributed by atoms with Crippen LogP contribution in [0.15, 0.2) is 18.2 Å². The van der Waals surface area contributed by atoms with Gasteiger partial charge in [-0.3, -0.25) is 0 Å². The molecule has 0 amide bonds. The number of halogens is 1. The van der Waals surface area contributed by atoms with Crippen LogP contribution >= 0.6 is 11.6 Å². The molecule has 2 atom stereocenters. The molecule has 1 heterocycles. The van der Waals surface area contributed by atoms with Gasteiger partial charge in [0.05, 0.1) is 5.69 Å². The molecular weight excluding hydrogens is 190 g/mol. The van der Waals surface area contributed by atoms with Crippen LogP contribution < -0.4 is 0 Å². The largest absolute Gasteiger partial charge is 0.386 e. The molecule has 3 nitrogen and oxygen atoms in total. The molecule has 1 aliphatic carbocycles. The van der Waals surface area contributed by atoms with Crippen molar-refractivity contribution >= 4 is 17.7 Å². The van der Waals surface area contributed by atoms with Gasteiger partial charge in [0.1, 0.15) is 17.4 Å². The number of aliphatic hydroxyl groups is 2. The van der Waals surface area contributed by atoms with Crippen molar-refractivity contribution in [3.63, 3.8) is 0 Å². The zero-order valence-electron chi connectivity index (χ0n) is 6.68. The van der Waals surface area contributed by atoms with E-state index in [1.165, 1.54) is 6.08 Å². The number of nitrogens with zero attached hydrogens (tertiary/aromatic N) is 1. The van der Waals surface area contributed by atoms with Gasteiger partial charge in [0, 0.05) is 0 Å². The Morgan fingerprint density at radius 3 is 2.85 bits per heavy atom. The molecule has 1 aromatic rings. The summed E-state index contributed by atoms with van der Waals surface area (Å²) < 4.78 is 0. The van der Waals surface area contributed by atoms with Crippen LogP contribution in [0.1, 0.15) is 17.4 Å².